The van der Waals surface area contributed by atoms with Gasteiger partial charge < -0.3 is 15.5 Å². The van der Waals surface area contributed by atoms with Gasteiger partial charge in [0.25, 0.3) is 0 Å². The van der Waals surface area contributed by atoms with Crippen molar-refractivity contribution < 1.29 is 8.78 Å². The first-order chi connectivity index (χ1) is 11.0. The third-order valence-corrected chi connectivity index (χ3v) is 3.74. The summed E-state index contributed by atoms with van der Waals surface area (Å²) in [7, 11) is 0. The SMILES string of the molecule is CCNC(=NCC(C)C)NC1CCN(c2c(F)cccc2F)C1. The molecule has 4 nitrogen and oxygen atoms in total. The zero-order valence-corrected chi connectivity index (χ0v) is 14.1. The largest absolute Gasteiger partial charge is 0.365 e. The van der Waals surface area contributed by atoms with E-state index in [1.807, 2.05) is 6.92 Å². The molecule has 1 saturated heterocycles. The van der Waals surface area contributed by atoms with Crippen LogP contribution < -0.4 is 15.5 Å². The maximum atomic E-state index is 13.9. The first-order valence-electron chi connectivity index (χ1n) is 8.25. The predicted octanol–water partition coefficient (Wildman–Crippen LogP) is 2.75. The van der Waals surface area contributed by atoms with Crippen molar-refractivity contribution in [1.29, 1.82) is 0 Å². The standard InChI is InChI=1S/C17H26F2N4/c1-4-20-17(21-10-12(2)3)22-13-8-9-23(11-13)16-14(18)6-5-7-15(16)19/h5-7,12-13H,4,8-11H2,1-3H3,(H2,20,21,22). The molecule has 23 heavy (non-hydrogen) atoms. The molecule has 1 aromatic carbocycles. The molecule has 0 aromatic heterocycles. The number of anilines is 1. The van der Waals surface area contributed by atoms with Crippen molar-refractivity contribution in [1.82, 2.24) is 10.6 Å². The Morgan fingerprint density at radius 2 is 2.04 bits per heavy atom. The number of aliphatic imine (C=N–C) groups is 1. The van der Waals surface area contributed by atoms with Gasteiger partial charge in [-0.05, 0) is 31.4 Å². The van der Waals surface area contributed by atoms with Gasteiger partial charge in [-0.25, -0.2) is 8.78 Å². The number of para-hydroxylation sites is 1. The van der Waals surface area contributed by atoms with E-state index in [1.54, 1.807) is 4.90 Å². The number of rotatable bonds is 5. The minimum Gasteiger partial charge on any atom is -0.365 e. The van der Waals surface area contributed by atoms with Crippen LogP contribution in [0.15, 0.2) is 23.2 Å². The zero-order chi connectivity index (χ0) is 16.8. The molecule has 6 heteroatoms. The van der Waals surface area contributed by atoms with Crippen molar-refractivity contribution >= 4 is 11.6 Å². The molecular weight excluding hydrogens is 298 g/mol. The van der Waals surface area contributed by atoms with Crippen molar-refractivity contribution in [2.24, 2.45) is 10.9 Å². The predicted molar refractivity (Wildman–Crippen MR) is 90.9 cm³/mol. The molecule has 0 aliphatic carbocycles. The van der Waals surface area contributed by atoms with Gasteiger partial charge in [0.2, 0.25) is 0 Å². The van der Waals surface area contributed by atoms with Crippen molar-refractivity contribution in [3.8, 4) is 0 Å². The summed E-state index contributed by atoms with van der Waals surface area (Å²) in [6.45, 7) is 8.96. The first-order valence-corrected chi connectivity index (χ1v) is 8.25. The van der Waals surface area contributed by atoms with Crippen LogP contribution in [0.4, 0.5) is 14.5 Å². The van der Waals surface area contributed by atoms with E-state index in [-0.39, 0.29) is 11.7 Å². The average molecular weight is 324 g/mol. The van der Waals surface area contributed by atoms with E-state index >= 15 is 0 Å². The third kappa shape index (κ3) is 4.81. The Morgan fingerprint density at radius 1 is 1.35 bits per heavy atom. The Hall–Kier alpha value is -1.85. The molecule has 1 unspecified atom stereocenters. The van der Waals surface area contributed by atoms with Gasteiger partial charge in [-0.2, -0.15) is 0 Å². The average Bonchev–Trinajstić information content (AvgIpc) is 2.93. The Kier molecular flexibility index (Phi) is 6.19. The molecule has 1 aromatic rings. The van der Waals surface area contributed by atoms with Gasteiger partial charge >= 0.3 is 0 Å². The maximum Gasteiger partial charge on any atom is 0.191 e. The van der Waals surface area contributed by atoms with Crippen LogP contribution in [0.2, 0.25) is 0 Å². The Morgan fingerprint density at radius 3 is 2.65 bits per heavy atom. The molecule has 1 aliphatic heterocycles. The van der Waals surface area contributed by atoms with Crippen LogP contribution in [0.25, 0.3) is 0 Å². The maximum absolute atomic E-state index is 13.9. The quantitative estimate of drug-likeness (QED) is 0.646. The lowest BCUT2D eigenvalue weighted by Crippen LogP contribution is -2.44. The number of hydrogen-bond acceptors (Lipinski definition) is 2. The van der Waals surface area contributed by atoms with Crippen LogP contribution in [-0.4, -0.2) is 38.2 Å². The van der Waals surface area contributed by atoms with Crippen LogP contribution in [0.1, 0.15) is 27.2 Å². The Bertz CT molecular complexity index is 525. The summed E-state index contributed by atoms with van der Waals surface area (Å²) in [4.78, 5) is 6.30. The topological polar surface area (TPSA) is 39.7 Å². The van der Waals surface area contributed by atoms with Crippen LogP contribution >= 0.6 is 0 Å². The highest BCUT2D eigenvalue weighted by Gasteiger charge is 2.27. The fourth-order valence-corrected chi connectivity index (χ4v) is 2.66. The summed E-state index contributed by atoms with van der Waals surface area (Å²) < 4.78 is 27.8. The molecule has 1 fully saturated rings. The summed E-state index contributed by atoms with van der Waals surface area (Å²) in [5.74, 6) is 0.233. The van der Waals surface area contributed by atoms with Crippen molar-refractivity contribution in [3.63, 3.8) is 0 Å². The molecule has 1 heterocycles. The van der Waals surface area contributed by atoms with Gasteiger partial charge in [-0.1, -0.05) is 19.9 Å². The summed E-state index contributed by atoms with van der Waals surface area (Å²) in [6.07, 6.45) is 0.819. The van der Waals surface area contributed by atoms with E-state index in [1.165, 1.54) is 18.2 Å². The molecular formula is C17H26F2N4. The van der Waals surface area contributed by atoms with Crippen molar-refractivity contribution in [2.45, 2.75) is 33.2 Å². The summed E-state index contributed by atoms with van der Waals surface area (Å²) in [5, 5.41) is 6.58. The Balaban J connectivity index is 2.00. The van der Waals surface area contributed by atoms with Gasteiger partial charge in [-0.15, -0.1) is 0 Å². The highest BCUT2D eigenvalue weighted by Crippen LogP contribution is 2.26. The lowest BCUT2D eigenvalue weighted by atomic mass is 10.2. The fourth-order valence-electron chi connectivity index (χ4n) is 2.66. The van der Waals surface area contributed by atoms with Crippen LogP contribution in [-0.2, 0) is 0 Å². The van der Waals surface area contributed by atoms with Crippen LogP contribution in [0, 0.1) is 17.6 Å². The number of halogens is 2. The zero-order valence-electron chi connectivity index (χ0n) is 14.1. The van der Waals surface area contributed by atoms with E-state index in [0.29, 0.717) is 19.0 Å². The van der Waals surface area contributed by atoms with E-state index < -0.39 is 11.6 Å². The minimum absolute atomic E-state index is 0.0703. The van der Waals surface area contributed by atoms with E-state index in [0.717, 1.165) is 25.5 Å². The second kappa shape index (κ2) is 8.13. The minimum atomic E-state index is -0.508. The van der Waals surface area contributed by atoms with Gasteiger partial charge in [0.1, 0.15) is 17.3 Å². The second-order valence-corrected chi connectivity index (χ2v) is 6.26. The highest BCUT2D eigenvalue weighted by molar-refractivity contribution is 5.80. The number of nitrogens with zero attached hydrogens (tertiary/aromatic N) is 2. The molecule has 0 radical (unpaired) electrons. The van der Waals surface area contributed by atoms with Crippen LogP contribution in [0.5, 0.6) is 0 Å². The van der Waals surface area contributed by atoms with Gasteiger partial charge in [0.15, 0.2) is 5.96 Å². The number of guanidine groups is 1. The summed E-state index contributed by atoms with van der Waals surface area (Å²) in [6, 6.07) is 4.11. The molecule has 2 rings (SSSR count). The van der Waals surface area contributed by atoms with Gasteiger partial charge in [0, 0.05) is 32.2 Å². The molecule has 1 aliphatic rings. The summed E-state index contributed by atoms with van der Waals surface area (Å²) in [5.41, 5.74) is 0.0703. The molecule has 1 atom stereocenters. The fraction of sp³-hybridized carbons (Fsp3) is 0.588. The van der Waals surface area contributed by atoms with E-state index in [2.05, 4.69) is 29.5 Å². The van der Waals surface area contributed by atoms with Crippen molar-refractivity contribution in [2.75, 3.05) is 31.1 Å². The molecule has 0 bridgehead atoms. The smallest absolute Gasteiger partial charge is 0.191 e. The number of nitrogens with one attached hydrogen (secondary N) is 2. The Labute approximate surface area is 137 Å². The highest BCUT2D eigenvalue weighted by atomic mass is 19.1. The third-order valence-electron chi connectivity index (χ3n) is 3.74. The molecule has 2 N–H and O–H groups in total. The monoisotopic (exact) mass is 324 g/mol. The molecule has 0 saturated carbocycles. The number of benzene rings is 1. The van der Waals surface area contributed by atoms with E-state index in [4.69, 9.17) is 0 Å². The molecule has 128 valence electrons. The lowest BCUT2D eigenvalue weighted by Gasteiger charge is -2.21. The second-order valence-electron chi connectivity index (χ2n) is 6.26. The molecule has 0 amide bonds. The first kappa shape index (κ1) is 17.5. The normalized spacial score (nSPS) is 18.6. The lowest BCUT2D eigenvalue weighted by molar-refractivity contribution is 0.575. The van der Waals surface area contributed by atoms with Gasteiger partial charge in [0.05, 0.1) is 0 Å². The number of hydrogen-bond donors (Lipinski definition) is 2. The van der Waals surface area contributed by atoms with E-state index in [9.17, 15) is 8.78 Å². The van der Waals surface area contributed by atoms with Crippen molar-refractivity contribution in [3.05, 3.63) is 29.8 Å². The van der Waals surface area contributed by atoms with Crippen LogP contribution in [0.3, 0.4) is 0 Å². The summed E-state index contributed by atoms with van der Waals surface area (Å²) >= 11 is 0. The molecule has 0 spiro atoms. The van der Waals surface area contributed by atoms with Gasteiger partial charge in [-0.3, -0.25) is 4.99 Å².